The van der Waals surface area contributed by atoms with Crippen LogP contribution in [0.4, 0.5) is 5.69 Å². The van der Waals surface area contributed by atoms with Gasteiger partial charge in [0.05, 0.1) is 31.6 Å². The van der Waals surface area contributed by atoms with Crippen molar-refractivity contribution >= 4 is 27.6 Å². The Morgan fingerprint density at radius 1 is 1.21 bits per heavy atom. The highest BCUT2D eigenvalue weighted by Gasteiger charge is 2.35. The fraction of sp³-hybridized carbons (Fsp3) is 0.579. The molecule has 1 aliphatic heterocycles. The molecule has 0 spiro atoms. The first-order valence-corrected chi connectivity index (χ1v) is 11.1. The van der Waals surface area contributed by atoms with Crippen LogP contribution in [0, 0.1) is 5.92 Å². The van der Waals surface area contributed by atoms with Crippen LogP contribution in [0.5, 0.6) is 5.75 Å². The summed E-state index contributed by atoms with van der Waals surface area (Å²) in [5.74, 6) is -0.147. The summed E-state index contributed by atoms with van der Waals surface area (Å²) >= 11 is 0. The van der Waals surface area contributed by atoms with Gasteiger partial charge in [0.25, 0.3) is 0 Å². The van der Waals surface area contributed by atoms with E-state index in [1.807, 2.05) is 0 Å². The second-order valence-corrected chi connectivity index (χ2v) is 8.64. The van der Waals surface area contributed by atoms with Gasteiger partial charge in [0.2, 0.25) is 15.9 Å². The smallest absolute Gasteiger partial charge is 0.309 e. The summed E-state index contributed by atoms with van der Waals surface area (Å²) in [6, 6.07) is 5.61. The highest BCUT2D eigenvalue weighted by atomic mass is 32.2. The van der Waals surface area contributed by atoms with Crippen LogP contribution < -0.4 is 9.04 Å². The first-order chi connectivity index (χ1) is 13.2. The molecule has 0 N–H and O–H groups in total. The third-order valence-electron chi connectivity index (χ3n) is 4.82. The molecule has 1 aromatic carbocycles. The van der Waals surface area contributed by atoms with Crippen LogP contribution in [-0.4, -0.2) is 64.3 Å². The van der Waals surface area contributed by atoms with E-state index < -0.39 is 16.1 Å². The monoisotopic (exact) mass is 412 g/mol. The van der Waals surface area contributed by atoms with E-state index in [9.17, 15) is 18.0 Å². The maximum atomic E-state index is 13.0. The van der Waals surface area contributed by atoms with E-state index in [1.54, 1.807) is 43.0 Å². The van der Waals surface area contributed by atoms with Gasteiger partial charge in [-0.05, 0) is 51.0 Å². The van der Waals surface area contributed by atoms with Gasteiger partial charge in [0.1, 0.15) is 11.8 Å². The summed E-state index contributed by atoms with van der Waals surface area (Å²) in [7, 11) is -2.16. The maximum absolute atomic E-state index is 13.0. The fourth-order valence-electron chi connectivity index (χ4n) is 3.39. The standard InChI is InChI=1S/C19H28N2O6S/c1-5-27-19(23)15-10-12-20(13-11-15)18(22)14(2)21(28(4,24)25)16-6-8-17(26-3)9-7-16/h6-9,14-15H,5,10-13H2,1-4H3/t14-/m0/s1. The minimum Gasteiger partial charge on any atom is -0.497 e. The summed E-state index contributed by atoms with van der Waals surface area (Å²) in [6.45, 7) is 4.46. The van der Waals surface area contributed by atoms with Gasteiger partial charge in [0, 0.05) is 13.1 Å². The van der Waals surface area contributed by atoms with Gasteiger partial charge in [-0.1, -0.05) is 0 Å². The zero-order valence-corrected chi connectivity index (χ0v) is 17.6. The molecule has 0 aliphatic carbocycles. The fourth-order valence-corrected chi connectivity index (χ4v) is 4.56. The molecule has 0 radical (unpaired) electrons. The number of hydrogen-bond acceptors (Lipinski definition) is 6. The second kappa shape index (κ2) is 9.27. The largest absolute Gasteiger partial charge is 0.497 e. The Hall–Kier alpha value is -2.29. The minimum atomic E-state index is -3.68. The number of hydrogen-bond donors (Lipinski definition) is 0. The SMILES string of the molecule is CCOC(=O)C1CCN(C(=O)[C@H](C)N(c2ccc(OC)cc2)S(C)(=O)=O)CC1. The number of esters is 1. The number of rotatable bonds is 7. The van der Waals surface area contributed by atoms with E-state index in [2.05, 4.69) is 0 Å². The first kappa shape index (κ1) is 22.0. The molecule has 1 fully saturated rings. The number of amides is 1. The van der Waals surface area contributed by atoms with Crippen molar-refractivity contribution in [3.63, 3.8) is 0 Å². The Morgan fingerprint density at radius 3 is 2.25 bits per heavy atom. The van der Waals surface area contributed by atoms with E-state index >= 15 is 0 Å². The molecule has 156 valence electrons. The predicted octanol–water partition coefficient (Wildman–Crippen LogP) is 1.65. The van der Waals surface area contributed by atoms with Gasteiger partial charge >= 0.3 is 5.97 Å². The minimum absolute atomic E-state index is 0.216. The van der Waals surface area contributed by atoms with Crippen LogP contribution in [-0.2, 0) is 24.3 Å². The van der Waals surface area contributed by atoms with Gasteiger partial charge < -0.3 is 14.4 Å². The third kappa shape index (κ3) is 5.15. The molecule has 8 nitrogen and oxygen atoms in total. The summed E-state index contributed by atoms with van der Waals surface area (Å²) in [5, 5.41) is 0. The lowest BCUT2D eigenvalue weighted by Gasteiger charge is -2.36. The molecular weight excluding hydrogens is 384 g/mol. The molecule has 1 saturated heterocycles. The Morgan fingerprint density at radius 2 is 1.79 bits per heavy atom. The quantitative estimate of drug-likeness (QED) is 0.632. The molecule has 2 rings (SSSR count). The lowest BCUT2D eigenvalue weighted by molar-refractivity contribution is -0.151. The Balaban J connectivity index is 2.13. The van der Waals surface area contributed by atoms with Crippen molar-refractivity contribution in [2.75, 3.05) is 37.4 Å². The molecule has 28 heavy (non-hydrogen) atoms. The van der Waals surface area contributed by atoms with E-state index in [-0.39, 0.29) is 17.8 Å². The Bertz CT molecular complexity index is 785. The number of carbonyl (C=O) groups excluding carboxylic acids is 2. The molecule has 1 aromatic rings. The number of sulfonamides is 1. The summed E-state index contributed by atoms with van der Waals surface area (Å²) in [5.41, 5.74) is 0.394. The number of methoxy groups -OCH3 is 1. The number of ether oxygens (including phenoxy) is 2. The summed E-state index contributed by atoms with van der Waals surface area (Å²) < 4.78 is 36.0. The lowest BCUT2D eigenvalue weighted by Crippen LogP contribution is -2.51. The van der Waals surface area contributed by atoms with Crippen LogP contribution in [0.2, 0.25) is 0 Å². The maximum Gasteiger partial charge on any atom is 0.309 e. The summed E-state index contributed by atoms with van der Waals surface area (Å²) in [4.78, 5) is 26.4. The molecule has 0 saturated carbocycles. The molecular formula is C19H28N2O6S. The van der Waals surface area contributed by atoms with E-state index in [0.29, 0.717) is 44.0 Å². The Labute approximate surface area is 166 Å². The average Bonchev–Trinajstić information content (AvgIpc) is 2.67. The van der Waals surface area contributed by atoms with Gasteiger partial charge in [0.15, 0.2) is 0 Å². The van der Waals surface area contributed by atoms with Crippen molar-refractivity contribution in [2.24, 2.45) is 5.92 Å². The predicted molar refractivity (Wildman–Crippen MR) is 106 cm³/mol. The average molecular weight is 413 g/mol. The van der Waals surface area contributed by atoms with Gasteiger partial charge in [-0.2, -0.15) is 0 Å². The van der Waals surface area contributed by atoms with Crippen LogP contribution >= 0.6 is 0 Å². The van der Waals surface area contributed by atoms with Crippen molar-refractivity contribution in [3.8, 4) is 5.75 Å². The van der Waals surface area contributed by atoms with Crippen molar-refractivity contribution in [1.29, 1.82) is 0 Å². The second-order valence-electron chi connectivity index (χ2n) is 6.78. The van der Waals surface area contributed by atoms with Crippen LogP contribution in [0.3, 0.4) is 0 Å². The summed E-state index contributed by atoms with van der Waals surface area (Å²) in [6.07, 6.45) is 2.10. The molecule has 0 bridgehead atoms. The molecule has 1 aliphatic rings. The highest BCUT2D eigenvalue weighted by Crippen LogP contribution is 2.26. The normalized spacial score (nSPS) is 16.4. The van der Waals surface area contributed by atoms with Crippen molar-refractivity contribution < 1.29 is 27.5 Å². The highest BCUT2D eigenvalue weighted by molar-refractivity contribution is 7.92. The number of anilines is 1. The van der Waals surface area contributed by atoms with Gasteiger partial charge in [-0.15, -0.1) is 0 Å². The molecule has 1 atom stereocenters. The lowest BCUT2D eigenvalue weighted by atomic mass is 9.96. The number of benzene rings is 1. The molecule has 1 heterocycles. The van der Waals surface area contributed by atoms with Crippen LogP contribution in [0.1, 0.15) is 26.7 Å². The van der Waals surface area contributed by atoms with E-state index in [4.69, 9.17) is 9.47 Å². The zero-order valence-electron chi connectivity index (χ0n) is 16.8. The number of carbonyl (C=O) groups is 2. The number of likely N-dealkylation sites (tertiary alicyclic amines) is 1. The molecule has 0 unspecified atom stereocenters. The number of nitrogens with zero attached hydrogens (tertiary/aromatic N) is 2. The van der Waals surface area contributed by atoms with Crippen molar-refractivity contribution in [1.82, 2.24) is 4.90 Å². The zero-order chi connectivity index (χ0) is 20.9. The van der Waals surface area contributed by atoms with Crippen LogP contribution in [0.25, 0.3) is 0 Å². The first-order valence-electron chi connectivity index (χ1n) is 9.28. The van der Waals surface area contributed by atoms with E-state index in [1.165, 1.54) is 7.11 Å². The van der Waals surface area contributed by atoms with Crippen molar-refractivity contribution in [2.45, 2.75) is 32.7 Å². The van der Waals surface area contributed by atoms with E-state index in [0.717, 1.165) is 10.6 Å². The van der Waals surface area contributed by atoms with Gasteiger partial charge in [-0.3, -0.25) is 13.9 Å². The van der Waals surface area contributed by atoms with Gasteiger partial charge in [-0.25, -0.2) is 8.42 Å². The van der Waals surface area contributed by atoms with Crippen molar-refractivity contribution in [3.05, 3.63) is 24.3 Å². The Kier molecular flexibility index (Phi) is 7.29. The molecule has 9 heteroatoms. The van der Waals surface area contributed by atoms with Crippen LogP contribution in [0.15, 0.2) is 24.3 Å². The molecule has 1 amide bonds. The third-order valence-corrected chi connectivity index (χ3v) is 6.06. The topological polar surface area (TPSA) is 93.2 Å². The molecule has 0 aromatic heterocycles. The number of piperidine rings is 1.